The molecular weight excluding hydrogens is 851 g/mol. The number of amides is 1. The number of anilines is 1. The average Bonchev–Trinajstić information content (AvgIpc) is 3.92. The van der Waals surface area contributed by atoms with Gasteiger partial charge >= 0.3 is 6.18 Å². The van der Waals surface area contributed by atoms with Gasteiger partial charge in [-0.2, -0.15) is 13.2 Å². The van der Waals surface area contributed by atoms with Crippen LogP contribution in [0.15, 0.2) is 90.3 Å². The average molecular weight is 904 g/mol. The molecule has 10 nitrogen and oxygen atoms in total. The van der Waals surface area contributed by atoms with Crippen molar-refractivity contribution in [3.05, 3.63) is 101 Å². The lowest BCUT2D eigenvalue weighted by atomic mass is 10.1. The number of nitrogens with zero attached hydrogens (tertiary/aromatic N) is 3. The number of hydrogen-bond donors (Lipinski definition) is 2. The molecule has 0 unspecified atom stereocenters. The normalized spacial score (nSPS) is 12.6. The molecule has 0 aliphatic rings. The summed E-state index contributed by atoms with van der Waals surface area (Å²) in [5.74, 6) is 0.455. The first kappa shape index (κ1) is 46.0. The summed E-state index contributed by atoms with van der Waals surface area (Å²) in [5, 5.41) is 12.5. The van der Waals surface area contributed by atoms with Crippen molar-refractivity contribution < 1.29 is 36.9 Å². The van der Waals surface area contributed by atoms with E-state index in [0.717, 1.165) is 76.2 Å². The van der Waals surface area contributed by atoms with Gasteiger partial charge in [0.15, 0.2) is 0 Å². The van der Waals surface area contributed by atoms with Crippen LogP contribution >= 0.6 is 22.9 Å². The van der Waals surface area contributed by atoms with E-state index >= 15 is 0 Å². The van der Waals surface area contributed by atoms with Crippen LogP contribution in [0.3, 0.4) is 0 Å². The number of benzene rings is 4. The zero-order chi connectivity index (χ0) is 44.3. The second-order valence-corrected chi connectivity index (χ2v) is 16.8. The minimum Gasteiger partial charge on any atom is -0.497 e. The van der Waals surface area contributed by atoms with Crippen molar-refractivity contribution >= 4 is 78.1 Å². The Morgan fingerprint density at radius 3 is 2.37 bits per heavy atom. The Morgan fingerprint density at radius 1 is 0.841 bits per heavy atom. The number of pyridine rings is 1. The Morgan fingerprint density at radius 2 is 1.62 bits per heavy atom. The Bertz CT molecular complexity index is 2620. The Hall–Kier alpha value is -4.96. The molecule has 0 spiro atoms. The van der Waals surface area contributed by atoms with Crippen LogP contribution in [-0.2, 0) is 20.8 Å². The molecule has 0 bridgehead atoms. The molecule has 7 rings (SSSR count). The van der Waals surface area contributed by atoms with E-state index in [-0.39, 0.29) is 25.1 Å². The van der Waals surface area contributed by atoms with Gasteiger partial charge in [0.1, 0.15) is 12.3 Å². The highest BCUT2D eigenvalue weighted by Crippen LogP contribution is 2.37. The van der Waals surface area contributed by atoms with Crippen LogP contribution in [0, 0.1) is 0 Å². The number of likely N-dealkylation sites (N-methyl/N-ethyl adjacent to an activating group) is 1. The van der Waals surface area contributed by atoms with Crippen LogP contribution < -0.4 is 15.4 Å². The lowest BCUT2D eigenvalue weighted by Crippen LogP contribution is -2.30. The first-order valence-corrected chi connectivity index (χ1v) is 22.5. The number of fused-ring (bicyclic) bond motifs is 5. The maximum atomic E-state index is 13.7. The molecule has 0 saturated carbocycles. The van der Waals surface area contributed by atoms with Gasteiger partial charge in [-0.25, -0.2) is 4.98 Å². The number of hydrogen-bond acceptors (Lipinski definition) is 9. The van der Waals surface area contributed by atoms with Crippen LogP contribution in [-0.4, -0.2) is 106 Å². The zero-order valence-corrected chi connectivity index (χ0v) is 37.3. The summed E-state index contributed by atoms with van der Waals surface area (Å²) >= 11 is 7.84. The van der Waals surface area contributed by atoms with Gasteiger partial charge in [0.2, 0.25) is 0 Å². The molecule has 3 aromatic heterocycles. The molecule has 0 saturated heterocycles. The quantitative estimate of drug-likeness (QED) is 0.0484. The third kappa shape index (κ3) is 12.0. The molecular formula is C48H53ClF3N5O5S. The maximum Gasteiger partial charge on any atom is 0.406 e. The first-order valence-electron chi connectivity index (χ1n) is 21.2. The number of nitrogens with one attached hydrogen (secondary N) is 2. The summed E-state index contributed by atoms with van der Waals surface area (Å²) in [7, 11) is 1.67. The van der Waals surface area contributed by atoms with E-state index in [0.29, 0.717) is 65.4 Å². The van der Waals surface area contributed by atoms with Crippen molar-refractivity contribution in [2.45, 2.75) is 45.5 Å². The summed E-state index contributed by atoms with van der Waals surface area (Å²) in [6.45, 7) is 8.82. The van der Waals surface area contributed by atoms with Crippen molar-refractivity contribution in [1.82, 2.24) is 19.8 Å². The maximum absolute atomic E-state index is 13.7. The highest BCUT2D eigenvalue weighted by atomic mass is 35.5. The number of methoxy groups -OCH3 is 1. The van der Waals surface area contributed by atoms with E-state index in [1.807, 2.05) is 66.0 Å². The Labute approximate surface area is 374 Å². The number of carbonyl (C=O) groups excluding carboxylic acids is 1. The van der Waals surface area contributed by atoms with Gasteiger partial charge < -0.3 is 39.0 Å². The van der Waals surface area contributed by atoms with Crippen LogP contribution in [0.1, 0.15) is 37.0 Å². The molecule has 4 aromatic carbocycles. The SMILES string of the molecule is CCN(CCC[C@H](C)Nc1c2ccc(Cl)cc2nc2ccc(OC)cc12)CCOCCOCCOCCNC(=O)c1ccc2c(c1)c1ccc(-c3cccs3)cc1n2CC(F)(F)F. The predicted octanol–water partition coefficient (Wildman–Crippen LogP) is 10.8. The molecule has 0 fully saturated rings. The summed E-state index contributed by atoms with van der Waals surface area (Å²) in [4.78, 5) is 21.2. The summed E-state index contributed by atoms with van der Waals surface area (Å²) < 4.78 is 64.9. The van der Waals surface area contributed by atoms with Crippen LogP contribution in [0.25, 0.3) is 54.1 Å². The van der Waals surface area contributed by atoms with Gasteiger partial charge in [0.25, 0.3) is 5.91 Å². The number of aromatic nitrogens is 2. The zero-order valence-electron chi connectivity index (χ0n) is 35.7. The van der Waals surface area contributed by atoms with E-state index in [2.05, 4.69) is 29.4 Å². The van der Waals surface area contributed by atoms with E-state index in [4.69, 9.17) is 35.5 Å². The van der Waals surface area contributed by atoms with Crippen LogP contribution in [0.5, 0.6) is 5.75 Å². The fraction of sp³-hybridized carbons (Fsp3) is 0.375. The number of halogens is 4. The molecule has 15 heteroatoms. The van der Waals surface area contributed by atoms with Gasteiger partial charge in [0.05, 0.1) is 69.0 Å². The minimum atomic E-state index is -4.41. The number of carbonyl (C=O) groups is 1. The lowest BCUT2D eigenvalue weighted by Gasteiger charge is -2.23. The molecule has 0 aliphatic heterocycles. The highest BCUT2D eigenvalue weighted by Gasteiger charge is 2.30. The molecule has 7 aromatic rings. The van der Waals surface area contributed by atoms with Crippen LogP contribution in [0.2, 0.25) is 5.02 Å². The highest BCUT2D eigenvalue weighted by molar-refractivity contribution is 7.13. The van der Waals surface area contributed by atoms with Crippen molar-refractivity contribution in [3.8, 4) is 16.2 Å². The lowest BCUT2D eigenvalue weighted by molar-refractivity contribution is -0.139. The topological polar surface area (TPSA) is 99.1 Å². The number of alkyl halides is 3. The second kappa shape index (κ2) is 21.6. The summed E-state index contributed by atoms with van der Waals surface area (Å²) in [6.07, 6.45) is -2.40. The van der Waals surface area contributed by atoms with Gasteiger partial charge in [-0.3, -0.25) is 4.79 Å². The van der Waals surface area contributed by atoms with Crippen LogP contribution in [0.4, 0.5) is 18.9 Å². The minimum absolute atomic E-state index is 0.225. The molecule has 2 N–H and O–H groups in total. The summed E-state index contributed by atoms with van der Waals surface area (Å²) in [5.41, 5.74) is 4.86. The van der Waals surface area contributed by atoms with E-state index in [9.17, 15) is 18.0 Å². The molecule has 1 amide bonds. The molecule has 0 aliphatic carbocycles. The van der Waals surface area contributed by atoms with Crippen molar-refractivity contribution in [3.63, 3.8) is 0 Å². The molecule has 0 radical (unpaired) electrons. The van der Waals surface area contributed by atoms with Gasteiger partial charge in [-0.15, -0.1) is 11.3 Å². The van der Waals surface area contributed by atoms with Gasteiger partial charge in [-0.1, -0.05) is 36.7 Å². The fourth-order valence-corrected chi connectivity index (χ4v) is 8.70. The van der Waals surface area contributed by atoms with E-state index in [1.54, 1.807) is 31.4 Å². The number of ether oxygens (including phenoxy) is 4. The molecule has 3 heterocycles. The van der Waals surface area contributed by atoms with E-state index < -0.39 is 12.7 Å². The van der Waals surface area contributed by atoms with Crippen molar-refractivity contribution in [1.29, 1.82) is 0 Å². The molecule has 1 atom stereocenters. The first-order chi connectivity index (χ1) is 30.5. The van der Waals surface area contributed by atoms with Gasteiger partial charge in [-0.05, 0) is 111 Å². The predicted molar refractivity (Wildman–Crippen MR) is 249 cm³/mol. The molecule has 334 valence electrons. The smallest absolute Gasteiger partial charge is 0.406 e. The number of thiophene rings is 1. The third-order valence-corrected chi connectivity index (χ3v) is 12.1. The largest absolute Gasteiger partial charge is 0.497 e. The number of rotatable bonds is 23. The second-order valence-electron chi connectivity index (χ2n) is 15.4. The van der Waals surface area contributed by atoms with Crippen molar-refractivity contribution in [2.24, 2.45) is 0 Å². The van der Waals surface area contributed by atoms with E-state index in [1.165, 1.54) is 15.9 Å². The Balaban J connectivity index is 0.768. The monoisotopic (exact) mass is 903 g/mol. The molecule has 63 heavy (non-hydrogen) atoms. The van der Waals surface area contributed by atoms with Crippen molar-refractivity contribution in [2.75, 3.05) is 78.2 Å². The van der Waals surface area contributed by atoms with Gasteiger partial charge in [0, 0.05) is 61.7 Å². The fourth-order valence-electron chi connectivity index (χ4n) is 7.81. The Kier molecular flexibility index (Phi) is 15.8. The standard InChI is InChI=1S/C48H53ClF3N5O5S/c1-4-56(18-5-7-32(2)54-46-38-14-11-35(49)29-42(38)55-41-15-12-36(59-3)30-40(41)46)19-21-61-23-25-62-24-22-60-20-17-53-47(58)34-10-16-43-39(27-34)37-13-9-33(45-8-6-26-63-45)28-44(37)57(43)31-48(50,51)52/h6,8-16,26-30,32H,4-5,7,17-25,31H2,1-3H3,(H,53,58)(H,54,55)/t32-/m0/s1. The summed E-state index contributed by atoms with van der Waals surface area (Å²) in [6, 6.07) is 26.1. The third-order valence-electron chi connectivity index (χ3n) is 11.0.